The van der Waals surface area contributed by atoms with Crippen molar-refractivity contribution in [1.29, 1.82) is 0 Å². The monoisotopic (exact) mass is 247 g/mol. The minimum absolute atomic E-state index is 0.0878. The average molecular weight is 247 g/mol. The van der Waals surface area contributed by atoms with Gasteiger partial charge in [0.15, 0.2) is 0 Å². The predicted octanol–water partition coefficient (Wildman–Crippen LogP) is 2.37. The third-order valence-electron chi connectivity index (χ3n) is 3.71. The highest BCUT2D eigenvalue weighted by Gasteiger charge is 2.34. The van der Waals surface area contributed by atoms with E-state index in [2.05, 4.69) is 38.2 Å². The molecule has 0 unspecified atom stereocenters. The van der Waals surface area contributed by atoms with Crippen LogP contribution in [0.1, 0.15) is 37.8 Å². The summed E-state index contributed by atoms with van der Waals surface area (Å²) in [6.45, 7) is 7.85. The van der Waals surface area contributed by atoms with E-state index in [-0.39, 0.29) is 17.3 Å². The molecular weight excluding hydrogens is 226 g/mol. The van der Waals surface area contributed by atoms with Crippen LogP contribution in [0.15, 0.2) is 24.3 Å². The Labute approximate surface area is 108 Å². The minimum atomic E-state index is -0.703. The molecule has 2 rings (SSSR count). The Hall–Kier alpha value is -1.35. The van der Waals surface area contributed by atoms with Gasteiger partial charge >= 0.3 is 5.97 Å². The highest BCUT2D eigenvalue weighted by molar-refractivity contribution is 5.72. The SMILES string of the molecule is CC(C)(C)c1cccc([C@@H]2CNC[C@H]2C(=O)O)c1. The van der Waals surface area contributed by atoms with Crippen molar-refractivity contribution in [3.05, 3.63) is 35.4 Å². The van der Waals surface area contributed by atoms with Crippen molar-refractivity contribution < 1.29 is 9.90 Å². The number of nitrogens with one attached hydrogen (secondary N) is 1. The molecule has 1 heterocycles. The number of rotatable bonds is 2. The largest absolute Gasteiger partial charge is 0.481 e. The second-order valence-electron chi connectivity index (χ2n) is 6.08. The highest BCUT2D eigenvalue weighted by Crippen LogP contribution is 2.31. The van der Waals surface area contributed by atoms with Crippen molar-refractivity contribution in [3.8, 4) is 0 Å². The number of hydrogen-bond donors (Lipinski definition) is 2. The number of carbonyl (C=O) groups is 1. The van der Waals surface area contributed by atoms with Gasteiger partial charge in [-0.2, -0.15) is 0 Å². The van der Waals surface area contributed by atoms with Gasteiger partial charge in [-0.05, 0) is 16.5 Å². The van der Waals surface area contributed by atoms with Gasteiger partial charge in [-0.25, -0.2) is 0 Å². The maximum Gasteiger partial charge on any atom is 0.308 e. The summed E-state index contributed by atoms with van der Waals surface area (Å²) < 4.78 is 0. The summed E-state index contributed by atoms with van der Waals surface area (Å²) in [4.78, 5) is 11.2. The molecule has 0 saturated carbocycles. The van der Waals surface area contributed by atoms with Crippen LogP contribution in [0.2, 0.25) is 0 Å². The first-order valence-electron chi connectivity index (χ1n) is 6.43. The summed E-state index contributed by atoms with van der Waals surface area (Å²) in [7, 11) is 0. The van der Waals surface area contributed by atoms with Gasteiger partial charge in [-0.1, -0.05) is 45.0 Å². The third-order valence-corrected chi connectivity index (χ3v) is 3.71. The second kappa shape index (κ2) is 4.73. The molecule has 2 N–H and O–H groups in total. The summed E-state index contributed by atoms with van der Waals surface area (Å²) in [6, 6.07) is 8.35. The first kappa shape index (κ1) is 13.1. The van der Waals surface area contributed by atoms with Crippen LogP contribution >= 0.6 is 0 Å². The van der Waals surface area contributed by atoms with Crippen molar-refractivity contribution in [2.75, 3.05) is 13.1 Å². The second-order valence-corrected chi connectivity index (χ2v) is 6.08. The zero-order valence-electron chi connectivity index (χ0n) is 11.2. The summed E-state index contributed by atoms with van der Waals surface area (Å²) >= 11 is 0. The molecule has 3 heteroatoms. The molecule has 0 radical (unpaired) electrons. The van der Waals surface area contributed by atoms with E-state index in [0.717, 1.165) is 12.1 Å². The van der Waals surface area contributed by atoms with Gasteiger partial charge in [-0.15, -0.1) is 0 Å². The summed E-state index contributed by atoms with van der Waals surface area (Å²) in [5, 5.41) is 12.4. The van der Waals surface area contributed by atoms with Crippen LogP contribution in [-0.4, -0.2) is 24.2 Å². The molecule has 98 valence electrons. The van der Waals surface area contributed by atoms with Crippen LogP contribution in [0.25, 0.3) is 0 Å². The Balaban J connectivity index is 2.31. The van der Waals surface area contributed by atoms with Gasteiger partial charge in [0, 0.05) is 19.0 Å². The van der Waals surface area contributed by atoms with Crippen LogP contribution in [0, 0.1) is 5.92 Å². The van der Waals surface area contributed by atoms with E-state index in [0.29, 0.717) is 6.54 Å². The molecule has 0 aromatic heterocycles. The van der Waals surface area contributed by atoms with Gasteiger partial charge in [0.05, 0.1) is 5.92 Å². The molecular formula is C15H21NO2. The predicted molar refractivity (Wildman–Crippen MR) is 71.9 cm³/mol. The van der Waals surface area contributed by atoms with E-state index in [1.165, 1.54) is 5.56 Å². The molecule has 2 atom stereocenters. The fourth-order valence-electron chi connectivity index (χ4n) is 2.52. The average Bonchev–Trinajstić information content (AvgIpc) is 2.77. The minimum Gasteiger partial charge on any atom is -0.481 e. The quantitative estimate of drug-likeness (QED) is 0.843. The summed E-state index contributed by atoms with van der Waals surface area (Å²) in [6.07, 6.45) is 0. The number of aliphatic carboxylic acids is 1. The van der Waals surface area contributed by atoms with Gasteiger partial charge in [-0.3, -0.25) is 4.79 Å². The number of hydrogen-bond acceptors (Lipinski definition) is 2. The molecule has 1 aliphatic rings. The van der Waals surface area contributed by atoms with Crippen LogP contribution < -0.4 is 5.32 Å². The molecule has 1 saturated heterocycles. The van der Waals surface area contributed by atoms with Crippen molar-refractivity contribution in [1.82, 2.24) is 5.32 Å². The van der Waals surface area contributed by atoms with Crippen molar-refractivity contribution in [2.45, 2.75) is 32.1 Å². The zero-order valence-corrected chi connectivity index (χ0v) is 11.2. The molecule has 0 spiro atoms. The smallest absolute Gasteiger partial charge is 0.308 e. The Morgan fingerprint density at radius 3 is 2.67 bits per heavy atom. The molecule has 1 aromatic carbocycles. The lowest BCUT2D eigenvalue weighted by Crippen LogP contribution is -2.21. The molecule has 0 aliphatic carbocycles. The Morgan fingerprint density at radius 2 is 2.06 bits per heavy atom. The standard InChI is InChI=1S/C15H21NO2/c1-15(2,3)11-6-4-5-10(7-11)12-8-16-9-13(12)14(17)18/h4-7,12-13,16H,8-9H2,1-3H3,(H,17,18)/t12-,13+/m0/s1. The van der Waals surface area contributed by atoms with E-state index in [9.17, 15) is 9.90 Å². The number of carboxylic acids is 1. The van der Waals surface area contributed by atoms with Crippen LogP contribution in [0.3, 0.4) is 0 Å². The Kier molecular flexibility index (Phi) is 3.44. The lowest BCUT2D eigenvalue weighted by Gasteiger charge is -2.22. The summed E-state index contributed by atoms with van der Waals surface area (Å²) in [5.74, 6) is -0.920. The molecule has 0 bridgehead atoms. The maximum atomic E-state index is 11.2. The van der Waals surface area contributed by atoms with Crippen LogP contribution in [0.5, 0.6) is 0 Å². The molecule has 1 aliphatic heterocycles. The number of benzene rings is 1. The van der Waals surface area contributed by atoms with Crippen molar-refractivity contribution in [2.24, 2.45) is 5.92 Å². The molecule has 3 nitrogen and oxygen atoms in total. The first-order valence-corrected chi connectivity index (χ1v) is 6.43. The van der Waals surface area contributed by atoms with E-state index in [1.807, 2.05) is 12.1 Å². The Bertz CT molecular complexity index is 448. The van der Waals surface area contributed by atoms with Crippen molar-refractivity contribution >= 4 is 5.97 Å². The summed E-state index contributed by atoms with van der Waals surface area (Å²) in [5.41, 5.74) is 2.50. The topological polar surface area (TPSA) is 49.3 Å². The molecule has 18 heavy (non-hydrogen) atoms. The van der Waals surface area contributed by atoms with E-state index in [1.54, 1.807) is 0 Å². The third kappa shape index (κ3) is 2.56. The van der Waals surface area contributed by atoms with Crippen LogP contribution in [-0.2, 0) is 10.2 Å². The lowest BCUT2D eigenvalue weighted by atomic mass is 9.82. The lowest BCUT2D eigenvalue weighted by molar-refractivity contribution is -0.141. The van der Waals surface area contributed by atoms with Crippen LogP contribution in [0.4, 0.5) is 0 Å². The fraction of sp³-hybridized carbons (Fsp3) is 0.533. The van der Waals surface area contributed by atoms with Gasteiger partial charge < -0.3 is 10.4 Å². The number of carboxylic acid groups (broad SMARTS) is 1. The van der Waals surface area contributed by atoms with E-state index in [4.69, 9.17) is 0 Å². The zero-order chi connectivity index (χ0) is 13.3. The molecule has 1 aromatic rings. The first-order chi connectivity index (χ1) is 8.39. The van der Waals surface area contributed by atoms with Gasteiger partial charge in [0.1, 0.15) is 0 Å². The Morgan fingerprint density at radius 1 is 1.33 bits per heavy atom. The molecule has 0 amide bonds. The highest BCUT2D eigenvalue weighted by atomic mass is 16.4. The normalized spacial score (nSPS) is 24.2. The van der Waals surface area contributed by atoms with E-state index < -0.39 is 5.97 Å². The fourth-order valence-corrected chi connectivity index (χ4v) is 2.52. The van der Waals surface area contributed by atoms with Crippen molar-refractivity contribution in [3.63, 3.8) is 0 Å². The maximum absolute atomic E-state index is 11.2. The molecule has 1 fully saturated rings. The van der Waals surface area contributed by atoms with Gasteiger partial charge in [0.2, 0.25) is 0 Å². The van der Waals surface area contributed by atoms with E-state index >= 15 is 0 Å². The van der Waals surface area contributed by atoms with Gasteiger partial charge in [0.25, 0.3) is 0 Å².